The molecule has 0 aliphatic rings. The van der Waals surface area contributed by atoms with Crippen LogP contribution in [0.25, 0.3) is 0 Å². The zero-order valence-corrected chi connectivity index (χ0v) is 9.03. The number of carbonyl (C=O) groups excluding carboxylic acids is 1. The average molecular weight is 206 g/mol. The molecule has 0 saturated carbocycles. The minimum Gasteiger partial charge on any atom is -0.507 e. The van der Waals surface area contributed by atoms with Crippen molar-refractivity contribution in [3.05, 3.63) is 28.8 Å². The van der Waals surface area contributed by atoms with Crippen molar-refractivity contribution in [3.8, 4) is 5.75 Å². The summed E-state index contributed by atoms with van der Waals surface area (Å²) in [4.78, 5) is 10.6. The van der Waals surface area contributed by atoms with Gasteiger partial charge in [0, 0.05) is 6.92 Å². The number of amides is 1. The molecule has 1 aromatic carbocycles. The third-order valence-corrected chi connectivity index (χ3v) is 1.95. The standard InChI is InChI=1S/C11H14N2O2/c1-7-4-10(5-8(2)11(7)15)6-12-13-9(3)14/h4-6,15H,1-3H3,(H,13,14)/b12-6+. The third-order valence-electron chi connectivity index (χ3n) is 1.95. The van der Waals surface area contributed by atoms with Crippen LogP contribution in [-0.4, -0.2) is 17.2 Å². The molecule has 1 aromatic rings. The Morgan fingerprint density at radius 1 is 1.40 bits per heavy atom. The maximum absolute atomic E-state index is 10.6. The van der Waals surface area contributed by atoms with Crippen LogP contribution < -0.4 is 5.43 Å². The number of rotatable bonds is 2. The van der Waals surface area contributed by atoms with E-state index in [4.69, 9.17) is 0 Å². The number of nitrogens with one attached hydrogen (secondary N) is 1. The Kier molecular flexibility index (Phi) is 3.44. The Bertz CT molecular complexity index is 388. The first kappa shape index (κ1) is 11.2. The topological polar surface area (TPSA) is 61.7 Å². The quantitative estimate of drug-likeness (QED) is 0.568. The van der Waals surface area contributed by atoms with E-state index in [1.807, 2.05) is 13.8 Å². The Balaban J connectivity index is 2.87. The maximum Gasteiger partial charge on any atom is 0.236 e. The fourth-order valence-corrected chi connectivity index (χ4v) is 1.26. The molecule has 1 amide bonds. The number of carbonyl (C=O) groups is 1. The molecule has 0 unspecified atom stereocenters. The van der Waals surface area contributed by atoms with Crippen molar-refractivity contribution in [3.63, 3.8) is 0 Å². The molecule has 0 spiro atoms. The second kappa shape index (κ2) is 4.59. The lowest BCUT2D eigenvalue weighted by Gasteiger charge is -2.04. The van der Waals surface area contributed by atoms with Gasteiger partial charge in [0.15, 0.2) is 0 Å². The summed E-state index contributed by atoms with van der Waals surface area (Å²) in [5, 5.41) is 13.3. The third kappa shape index (κ3) is 3.09. The number of phenolic OH excluding ortho intramolecular Hbond substituents is 1. The molecule has 0 saturated heterocycles. The Morgan fingerprint density at radius 2 is 1.93 bits per heavy atom. The lowest BCUT2D eigenvalue weighted by Crippen LogP contribution is -2.12. The number of benzene rings is 1. The summed E-state index contributed by atoms with van der Waals surface area (Å²) < 4.78 is 0. The molecule has 80 valence electrons. The number of phenols is 1. The smallest absolute Gasteiger partial charge is 0.236 e. The van der Waals surface area contributed by atoms with Crippen LogP contribution >= 0.6 is 0 Å². The van der Waals surface area contributed by atoms with E-state index in [-0.39, 0.29) is 5.91 Å². The highest BCUT2D eigenvalue weighted by Gasteiger charge is 2.01. The molecule has 0 aliphatic carbocycles. The molecular weight excluding hydrogens is 192 g/mol. The van der Waals surface area contributed by atoms with Crippen molar-refractivity contribution in [2.45, 2.75) is 20.8 Å². The van der Waals surface area contributed by atoms with Crippen LogP contribution in [0, 0.1) is 13.8 Å². The monoisotopic (exact) mass is 206 g/mol. The van der Waals surface area contributed by atoms with Crippen LogP contribution in [0.2, 0.25) is 0 Å². The highest BCUT2D eigenvalue weighted by atomic mass is 16.3. The summed E-state index contributed by atoms with van der Waals surface area (Å²) in [5.74, 6) is 0.0881. The predicted molar refractivity (Wildman–Crippen MR) is 59.0 cm³/mol. The summed E-state index contributed by atoms with van der Waals surface area (Å²) in [5.41, 5.74) is 4.74. The van der Waals surface area contributed by atoms with E-state index in [1.54, 1.807) is 18.3 Å². The van der Waals surface area contributed by atoms with Crippen molar-refractivity contribution < 1.29 is 9.90 Å². The normalized spacial score (nSPS) is 10.6. The van der Waals surface area contributed by atoms with Gasteiger partial charge in [-0.15, -0.1) is 0 Å². The van der Waals surface area contributed by atoms with E-state index in [1.165, 1.54) is 6.92 Å². The first-order chi connectivity index (χ1) is 7.00. The second-order valence-corrected chi connectivity index (χ2v) is 3.43. The van der Waals surface area contributed by atoms with E-state index < -0.39 is 0 Å². The van der Waals surface area contributed by atoms with Crippen molar-refractivity contribution in [1.29, 1.82) is 0 Å². The van der Waals surface area contributed by atoms with Gasteiger partial charge in [0.2, 0.25) is 5.91 Å². The minimum absolute atomic E-state index is 0.210. The van der Waals surface area contributed by atoms with E-state index in [2.05, 4.69) is 10.5 Å². The minimum atomic E-state index is -0.210. The highest BCUT2D eigenvalue weighted by Crippen LogP contribution is 2.21. The van der Waals surface area contributed by atoms with Gasteiger partial charge in [-0.3, -0.25) is 4.79 Å². The lowest BCUT2D eigenvalue weighted by molar-refractivity contribution is -0.118. The number of hydrazone groups is 1. The highest BCUT2D eigenvalue weighted by molar-refractivity contribution is 5.82. The van der Waals surface area contributed by atoms with Crippen molar-refractivity contribution in [2.24, 2.45) is 5.10 Å². The summed E-state index contributed by atoms with van der Waals surface area (Å²) in [6, 6.07) is 3.60. The number of aromatic hydroxyl groups is 1. The van der Waals surface area contributed by atoms with Gasteiger partial charge >= 0.3 is 0 Å². The van der Waals surface area contributed by atoms with Crippen LogP contribution in [0.1, 0.15) is 23.6 Å². The molecule has 4 heteroatoms. The molecule has 0 aromatic heterocycles. The molecule has 0 bridgehead atoms. The SMILES string of the molecule is CC(=O)N/N=C/c1cc(C)c(O)c(C)c1. The van der Waals surface area contributed by atoms with Crippen LogP contribution in [0.5, 0.6) is 5.75 Å². The molecule has 0 aliphatic heterocycles. The maximum atomic E-state index is 10.6. The number of nitrogens with zero attached hydrogens (tertiary/aromatic N) is 1. The van der Waals surface area contributed by atoms with Gasteiger partial charge in [-0.05, 0) is 42.7 Å². The Morgan fingerprint density at radius 3 is 2.40 bits per heavy atom. The number of hydrogen-bond acceptors (Lipinski definition) is 3. The van der Waals surface area contributed by atoms with Crippen molar-refractivity contribution in [2.75, 3.05) is 0 Å². The number of aryl methyl sites for hydroxylation is 2. The fraction of sp³-hybridized carbons (Fsp3) is 0.273. The fourth-order valence-electron chi connectivity index (χ4n) is 1.26. The van der Waals surface area contributed by atoms with Gasteiger partial charge in [0.05, 0.1) is 6.21 Å². The molecule has 15 heavy (non-hydrogen) atoms. The molecule has 1 rings (SSSR count). The summed E-state index contributed by atoms with van der Waals surface area (Å²) in [6.07, 6.45) is 1.54. The molecule has 4 nitrogen and oxygen atoms in total. The zero-order chi connectivity index (χ0) is 11.4. The number of hydrogen-bond donors (Lipinski definition) is 2. The largest absolute Gasteiger partial charge is 0.507 e. The molecule has 0 heterocycles. The van der Waals surface area contributed by atoms with E-state index in [0.717, 1.165) is 16.7 Å². The van der Waals surface area contributed by atoms with Crippen LogP contribution in [0.15, 0.2) is 17.2 Å². The molecule has 0 atom stereocenters. The van der Waals surface area contributed by atoms with Crippen molar-refractivity contribution in [1.82, 2.24) is 5.43 Å². The summed E-state index contributed by atoms with van der Waals surface area (Å²) in [6.45, 7) is 5.03. The van der Waals surface area contributed by atoms with Gasteiger partial charge in [-0.1, -0.05) is 0 Å². The first-order valence-electron chi connectivity index (χ1n) is 4.60. The predicted octanol–water partition coefficient (Wildman–Crippen LogP) is 1.48. The van der Waals surface area contributed by atoms with E-state index in [9.17, 15) is 9.90 Å². The van der Waals surface area contributed by atoms with Crippen LogP contribution in [0.4, 0.5) is 0 Å². The van der Waals surface area contributed by atoms with E-state index in [0.29, 0.717) is 5.75 Å². The molecular formula is C11H14N2O2. The van der Waals surface area contributed by atoms with Gasteiger partial charge < -0.3 is 5.11 Å². The zero-order valence-electron chi connectivity index (χ0n) is 9.03. The van der Waals surface area contributed by atoms with Gasteiger partial charge in [0.1, 0.15) is 5.75 Å². The van der Waals surface area contributed by atoms with Crippen molar-refractivity contribution >= 4 is 12.1 Å². The van der Waals surface area contributed by atoms with Gasteiger partial charge in [-0.25, -0.2) is 5.43 Å². The van der Waals surface area contributed by atoms with Crippen LogP contribution in [-0.2, 0) is 4.79 Å². The molecule has 0 fully saturated rings. The molecule has 2 N–H and O–H groups in total. The second-order valence-electron chi connectivity index (χ2n) is 3.43. The Labute approximate surface area is 88.6 Å². The first-order valence-corrected chi connectivity index (χ1v) is 4.60. The van der Waals surface area contributed by atoms with Gasteiger partial charge in [0.25, 0.3) is 0 Å². The molecule has 0 radical (unpaired) electrons. The van der Waals surface area contributed by atoms with Crippen LogP contribution in [0.3, 0.4) is 0 Å². The van der Waals surface area contributed by atoms with Gasteiger partial charge in [-0.2, -0.15) is 5.10 Å². The summed E-state index contributed by atoms with van der Waals surface area (Å²) in [7, 11) is 0. The lowest BCUT2D eigenvalue weighted by atomic mass is 10.1. The van der Waals surface area contributed by atoms with E-state index >= 15 is 0 Å². The average Bonchev–Trinajstić information content (AvgIpc) is 2.13. The summed E-state index contributed by atoms with van der Waals surface area (Å²) >= 11 is 0. The Hall–Kier alpha value is -1.84.